The maximum atomic E-state index is 13.9. The molecule has 0 bridgehead atoms. The fraction of sp³-hybridized carbons (Fsp3) is 0.296. The van der Waals surface area contributed by atoms with E-state index < -0.39 is 44.8 Å². The van der Waals surface area contributed by atoms with E-state index >= 15 is 0 Å². The first-order valence-electron chi connectivity index (χ1n) is 12.5. The van der Waals surface area contributed by atoms with Crippen molar-refractivity contribution in [3.05, 3.63) is 90.0 Å². The largest absolute Gasteiger partial charge is 0.380 e. The number of nitrogens with one attached hydrogen (secondary N) is 2. The molecule has 41 heavy (non-hydrogen) atoms. The van der Waals surface area contributed by atoms with Gasteiger partial charge in [0.1, 0.15) is 16.8 Å². The van der Waals surface area contributed by atoms with Crippen LogP contribution in [-0.2, 0) is 20.7 Å². The first-order chi connectivity index (χ1) is 19.2. The summed E-state index contributed by atoms with van der Waals surface area (Å²) >= 11 is 0. The van der Waals surface area contributed by atoms with E-state index in [4.69, 9.17) is 4.74 Å². The minimum Gasteiger partial charge on any atom is -0.380 e. The molecular weight excluding hydrogens is 574 g/mol. The fourth-order valence-corrected chi connectivity index (χ4v) is 5.23. The Morgan fingerprint density at radius 1 is 1.10 bits per heavy atom. The first kappa shape index (κ1) is 30.3. The second-order valence-electron chi connectivity index (χ2n) is 9.59. The van der Waals surface area contributed by atoms with Gasteiger partial charge in [-0.05, 0) is 60.9 Å². The summed E-state index contributed by atoms with van der Waals surface area (Å²) in [6.45, 7) is 0.346. The number of pyridine rings is 1. The highest BCUT2D eigenvalue weighted by Gasteiger charge is 2.65. The number of anilines is 1. The van der Waals surface area contributed by atoms with E-state index in [9.17, 15) is 33.4 Å². The van der Waals surface area contributed by atoms with Crippen LogP contribution in [0.25, 0.3) is 0 Å². The molecule has 2 aromatic carbocycles. The van der Waals surface area contributed by atoms with Crippen LogP contribution in [0.4, 0.5) is 29.5 Å². The van der Waals surface area contributed by atoms with Gasteiger partial charge in [0.2, 0.25) is 11.8 Å². The lowest BCUT2D eigenvalue weighted by molar-refractivity contribution is -0.127. The summed E-state index contributed by atoms with van der Waals surface area (Å²) in [5.41, 5.74) is 0.614. The summed E-state index contributed by atoms with van der Waals surface area (Å²) in [6.07, 6.45) is 2.87. The second-order valence-corrected chi connectivity index (χ2v) is 12.0. The van der Waals surface area contributed by atoms with Crippen molar-refractivity contribution in [3.8, 4) is 0 Å². The zero-order valence-electron chi connectivity index (χ0n) is 21.8. The molecule has 0 radical (unpaired) electrons. The topological polar surface area (TPSA) is 83.6 Å². The number of carbonyl (C=O) groups excluding carboxylic acids is 2. The number of ether oxygens (including phenoxy) is 1. The third kappa shape index (κ3) is 7.57. The highest BCUT2D eigenvalue weighted by atomic mass is 32.5. The summed E-state index contributed by atoms with van der Waals surface area (Å²) in [6, 6.07) is 8.32. The standard InChI is InChI=1S/C27H28F6N4O3S/c1-40-22-15-24(36-17-22)27(39)37(21-7-9-23(10-8-21)41(29,30,31,32)33)25(19-5-3-12-34-16-19)26(38)35-13-11-18-4-2-6-20(28)14-18/h2-10,12,14,16,22,24-25,36H,11,13,15,17H2,1H3,(H,35,38). The maximum absolute atomic E-state index is 13.9. The summed E-state index contributed by atoms with van der Waals surface area (Å²) in [7, 11) is -8.53. The third-order valence-corrected chi connectivity index (χ3v) is 7.79. The van der Waals surface area contributed by atoms with Gasteiger partial charge in [0.15, 0.2) is 0 Å². The van der Waals surface area contributed by atoms with E-state index in [-0.39, 0.29) is 48.9 Å². The Balaban J connectivity index is 1.71. The van der Waals surface area contributed by atoms with Crippen molar-refractivity contribution in [1.82, 2.24) is 15.6 Å². The molecule has 2 amide bonds. The van der Waals surface area contributed by atoms with Crippen LogP contribution >= 0.6 is 10.2 Å². The van der Waals surface area contributed by atoms with Crippen molar-refractivity contribution < 1.29 is 38.1 Å². The lowest BCUT2D eigenvalue weighted by Gasteiger charge is -2.41. The van der Waals surface area contributed by atoms with Crippen molar-refractivity contribution in [2.24, 2.45) is 0 Å². The quantitative estimate of drug-likeness (QED) is 0.292. The molecule has 222 valence electrons. The number of hydrogen-bond donors (Lipinski definition) is 2. The summed E-state index contributed by atoms with van der Waals surface area (Å²) < 4.78 is 86.0. The molecule has 1 aliphatic rings. The van der Waals surface area contributed by atoms with Crippen molar-refractivity contribution >= 4 is 27.7 Å². The Hall–Kier alpha value is -3.62. The van der Waals surface area contributed by atoms with Crippen LogP contribution < -0.4 is 15.5 Å². The maximum Gasteiger partial charge on any atom is 0.310 e. The van der Waals surface area contributed by atoms with E-state index in [1.165, 1.54) is 49.8 Å². The summed E-state index contributed by atoms with van der Waals surface area (Å²) in [5.74, 6) is -1.84. The van der Waals surface area contributed by atoms with Gasteiger partial charge in [0, 0.05) is 43.8 Å². The highest BCUT2D eigenvalue weighted by Crippen LogP contribution is 3.02. The van der Waals surface area contributed by atoms with Crippen LogP contribution in [-0.4, -0.2) is 49.1 Å². The zero-order chi connectivity index (χ0) is 29.9. The summed E-state index contributed by atoms with van der Waals surface area (Å²) in [4.78, 5) is 30.4. The molecule has 2 N–H and O–H groups in total. The molecular formula is C27H28F6N4O3S. The van der Waals surface area contributed by atoms with Crippen LogP contribution in [0, 0.1) is 5.82 Å². The molecule has 0 aliphatic carbocycles. The van der Waals surface area contributed by atoms with E-state index in [1.807, 2.05) is 0 Å². The number of benzene rings is 2. The Bertz CT molecular complexity index is 1400. The molecule has 1 saturated heterocycles. The number of halogens is 6. The summed E-state index contributed by atoms with van der Waals surface area (Å²) in [5, 5.41) is 5.67. The van der Waals surface area contributed by atoms with Crippen LogP contribution in [0.3, 0.4) is 0 Å². The van der Waals surface area contributed by atoms with Crippen molar-refractivity contribution in [1.29, 1.82) is 0 Å². The van der Waals surface area contributed by atoms with E-state index in [2.05, 4.69) is 15.6 Å². The smallest absolute Gasteiger partial charge is 0.310 e. The number of rotatable bonds is 10. The van der Waals surface area contributed by atoms with Crippen LogP contribution in [0.15, 0.2) is 78.0 Å². The Morgan fingerprint density at radius 2 is 1.83 bits per heavy atom. The Kier molecular flexibility index (Phi) is 8.13. The number of hydrogen-bond acceptors (Lipinski definition) is 5. The first-order valence-corrected chi connectivity index (χ1v) is 14.5. The number of aromatic nitrogens is 1. The molecule has 14 heteroatoms. The van der Waals surface area contributed by atoms with Gasteiger partial charge in [0.25, 0.3) is 0 Å². The molecule has 4 rings (SSSR count). The molecule has 0 saturated carbocycles. The van der Waals surface area contributed by atoms with Crippen molar-refractivity contribution in [2.75, 3.05) is 25.1 Å². The van der Waals surface area contributed by atoms with Crippen LogP contribution in [0.5, 0.6) is 0 Å². The van der Waals surface area contributed by atoms with Crippen molar-refractivity contribution in [2.45, 2.75) is 35.9 Å². The van der Waals surface area contributed by atoms with E-state index in [0.29, 0.717) is 12.1 Å². The molecule has 3 aromatic rings. The Labute approximate surface area is 232 Å². The molecule has 3 unspecified atom stereocenters. The van der Waals surface area contributed by atoms with Gasteiger partial charge in [-0.3, -0.25) is 19.5 Å². The van der Waals surface area contributed by atoms with Crippen LogP contribution in [0.1, 0.15) is 23.6 Å². The number of carbonyl (C=O) groups is 2. The predicted octanol–water partition coefficient (Wildman–Crippen LogP) is 5.69. The molecule has 7 nitrogen and oxygen atoms in total. The lowest BCUT2D eigenvalue weighted by Crippen LogP contribution is -2.50. The molecule has 2 heterocycles. The van der Waals surface area contributed by atoms with Gasteiger partial charge >= 0.3 is 10.2 Å². The molecule has 1 fully saturated rings. The highest BCUT2D eigenvalue weighted by molar-refractivity contribution is 8.45. The van der Waals surface area contributed by atoms with Crippen LogP contribution in [0.2, 0.25) is 0 Å². The molecule has 3 atom stereocenters. The number of amides is 2. The predicted molar refractivity (Wildman–Crippen MR) is 143 cm³/mol. The van der Waals surface area contributed by atoms with E-state index in [1.54, 1.807) is 6.07 Å². The van der Waals surface area contributed by atoms with Gasteiger partial charge < -0.3 is 15.4 Å². The van der Waals surface area contributed by atoms with Gasteiger partial charge in [-0.15, -0.1) is 0 Å². The fourth-order valence-electron chi connectivity index (χ4n) is 4.58. The molecule has 1 aromatic heterocycles. The zero-order valence-corrected chi connectivity index (χ0v) is 22.6. The Morgan fingerprint density at radius 3 is 2.41 bits per heavy atom. The van der Waals surface area contributed by atoms with Gasteiger partial charge in [-0.25, -0.2) is 4.39 Å². The monoisotopic (exact) mass is 602 g/mol. The SMILES string of the molecule is COC1CNC(C(=O)N(c2ccc(S(F)(F)(F)(F)F)cc2)C(C(=O)NCCc2cccc(F)c2)c2cccnc2)C1. The molecule has 1 aliphatic heterocycles. The lowest BCUT2D eigenvalue weighted by atomic mass is 10.0. The normalized spacial score (nSPS) is 19.6. The average Bonchev–Trinajstić information content (AvgIpc) is 3.40. The van der Waals surface area contributed by atoms with Crippen molar-refractivity contribution in [3.63, 3.8) is 0 Å². The average molecular weight is 603 g/mol. The minimum atomic E-state index is -9.99. The van der Waals surface area contributed by atoms with Gasteiger partial charge in [0.05, 0.1) is 12.1 Å². The van der Waals surface area contributed by atoms with Gasteiger partial charge in [-0.2, -0.15) is 0 Å². The van der Waals surface area contributed by atoms with E-state index in [0.717, 1.165) is 17.0 Å². The minimum absolute atomic E-state index is 0.0393. The number of nitrogens with zero attached hydrogens (tertiary/aromatic N) is 2. The third-order valence-electron chi connectivity index (χ3n) is 6.63. The van der Waals surface area contributed by atoms with Gasteiger partial charge in [-0.1, -0.05) is 37.6 Å². The molecule has 0 spiro atoms. The number of methoxy groups -OCH3 is 1. The second kappa shape index (κ2) is 11.0.